The number of carbonyl (C=O) groups excluding carboxylic acids is 1. The van der Waals surface area contributed by atoms with Crippen LogP contribution in [0.15, 0.2) is 17.8 Å². The maximum Gasteiger partial charge on any atom is 0.253 e. The van der Waals surface area contributed by atoms with Gasteiger partial charge in [-0.1, -0.05) is 0 Å². The summed E-state index contributed by atoms with van der Waals surface area (Å²) in [5, 5.41) is 5.78. The predicted octanol–water partition coefficient (Wildman–Crippen LogP) is 0.917. The van der Waals surface area contributed by atoms with Crippen molar-refractivity contribution in [1.82, 2.24) is 9.61 Å². The van der Waals surface area contributed by atoms with Crippen LogP contribution in [0, 0.1) is 0 Å². The summed E-state index contributed by atoms with van der Waals surface area (Å²) < 4.78 is 1.63. The number of hydrogen-bond acceptors (Lipinski definition) is 3. The molecule has 4 nitrogen and oxygen atoms in total. The van der Waals surface area contributed by atoms with Crippen LogP contribution in [-0.2, 0) is 0 Å². The number of carbonyl (C=O) groups is 1. The van der Waals surface area contributed by atoms with Gasteiger partial charge in [-0.2, -0.15) is 5.10 Å². The maximum absolute atomic E-state index is 10.7. The number of hydrogen-bond donors (Lipinski definition) is 1. The first-order chi connectivity index (χ1) is 5.29. The van der Waals surface area contributed by atoms with Gasteiger partial charge in [-0.15, -0.1) is 23.7 Å². The Kier molecular flexibility index (Phi) is 2.35. The third kappa shape index (κ3) is 1.17. The van der Waals surface area contributed by atoms with E-state index in [9.17, 15) is 4.79 Å². The molecule has 64 valence electrons. The lowest BCUT2D eigenvalue weighted by Crippen LogP contribution is -2.09. The van der Waals surface area contributed by atoms with Crippen LogP contribution in [0.3, 0.4) is 0 Å². The molecule has 0 atom stereocenters. The lowest BCUT2D eigenvalue weighted by molar-refractivity contribution is 0.100. The highest BCUT2D eigenvalue weighted by Crippen LogP contribution is 2.15. The maximum atomic E-state index is 10.7. The van der Waals surface area contributed by atoms with Gasteiger partial charge in [0.15, 0.2) is 0 Å². The molecule has 0 aliphatic carbocycles. The van der Waals surface area contributed by atoms with Crippen LogP contribution >= 0.6 is 23.7 Å². The van der Waals surface area contributed by atoms with E-state index < -0.39 is 5.91 Å². The highest BCUT2D eigenvalue weighted by Gasteiger charge is 2.08. The molecule has 0 bridgehead atoms. The SMILES string of the molecule is Cl.NC(=O)c1cnn2ccsc12. The Hall–Kier alpha value is -1.07. The van der Waals surface area contributed by atoms with Gasteiger partial charge >= 0.3 is 0 Å². The molecule has 1 amide bonds. The third-order valence-electron chi connectivity index (χ3n) is 1.40. The summed E-state index contributed by atoms with van der Waals surface area (Å²) in [5.41, 5.74) is 5.58. The van der Waals surface area contributed by atoms with Gasteiger partial charge < -0.3 is 5.73 Å². The standard InChI is InChI=1S/C6H5N3OS.ClH/c7-5(10)4-3-8-9-1-2-11-6(4)9;/h1-3H,(H2,7,10);1H. The first-order valence-electron chi connectivity index (χ1n) is 2.99. The molecule has 0 spiro atoms. The van der Waals surface area contributed by atoms with Crippen LogP contribution in [0.2, 0.25) is 0 Å². The number of aromatic nitrogens is 2. The van der Waals surface area contributed by atoms with Crippen molar-refractivity contribution in [3.63, 3.8) is 0 Å². The van der Waals surface area contributed by atoms with Crippen molar-refractivity contribution in [2.24, 2.45) is 5.73 Å². The smallest absolute Gasteiger partial charge is 0.253 e. The minimum atomic E-state index is -0.428. The second kappa shape index (κ2) is 3.12. The van der Waals surface area contributed by atoms with Crippen molar-refractivity contribution in [3.05, 3.63) is 23.3 Å². The lowest BCUT2D eigenvalue weighted by Gasteiger charge is -1.83. The first kappa shape index (κ1) is 9.02. The van der Waals surface area contributed by atoms with Gasteiger partial charge in [-0.25, -0.2) is 4.52 Å². The quantitative estimate of drug-likeness (QED) is 0.749. The molecule has 0 aliphatic heterocycles. The van der Waals surface area contributed by atoms with Crippen molar-refractivity contribution in [2.45, 2.75) is 0 Å². The van der Waals surface area contributed by atoms with E-state index in [1.165, 1.54) is 17.5 Å². The number of nitrogens with two attached hydrogens (primary N) is 1. The van der Waals surface area contributed by atoms with Crippen LogP contribution in [-0.4, -0.2) is 15.5 Å². The van der Waals surface area contributed by atoms with Crippen LogP contribution in [0.4, 0.5) is 0 Å². The second-order valence-corrected chi connectivity index (χ2v) is 2.97. The molecule has 0 saturated carbocycles. The Balaban J connectivity index is 0.000000720. The average molecular weight is 204 g/mol. The van der Waals surface area contributed by atoms with Gasteiger partial charge in [0.05, 0.1) is 11.8 Å². The topological polar surface area (TPSA) is 60.4 Å². The molecular weight excluding hydrogens is 198 g/mol. The molecule has 6 heteroatoms. The van der Waals surface area contributed by atoms with E-state index in [2.05, 4.69) is 5.10 Å². The molecule has 2 heterocycles. The van der Waals surface area contributed by atoms with E-state index in [0.717, 1.165) is 4.83 Å². The number of fused-ring (bicyclic) bond motifs is 1. The van der Waals surface area contributed by atoms with E-state index in [1.54, 1.807) is 10.7 Å². The molecule has 0 unspecified atom stereocenters. The molecule has 2 aromatic rings. The molecule has 0 aromatic carbocycles. The summed E-state index contributed by atoms with van der Waals surface area (Å²) in [4.78, 5) is 11.6. The molecule has 12 heavy (non-hydrogen) atoms. The number of rotatable bonds is 1. The van der Waals surface area contributed by atoms with Crippen LogP contribution < -0.4 is 5.73 Å². The van der Waals surface area contributed by atoms with Crippen molar-refractivity contribution in [3.8, 4) is 0 Å². The molecule has 2 aromatic heterocycles. The Labute approximate surface area is 78.4 Å². The Bertz CT molecular complexity index is 408. The fourth-order valence-electron chi connectivity index (χ4n) is 0.896. The van der Waals surface area contributed by atoms with Gasteiger partial charge in [0.25, 0.3) is 5.91 Å². The molecule has 2 N–H and O–H groups in total. The van der Waals surface area contributed by atoms with Crippen LogP contribution in [0.5, 0.6) is 0 Å². The average Bonchev–Trinajstić information content (AvgIpc) is 2.41. The Morgan fingerprint density at radius 3 is 3.08 bits per heavy atom. The first-order valence-corrected chi connectivity index (χ1v) is 3.87. The summed E-state index contributed by atoms with van der Waals surface area (Å²) in [6, 6.07) is 0. The predicted molar refractivity (Wildman–Crippen MR) is 48.8 cm³/mol. The van der Waals surface area contributed by atoms with Gasteiger partial charge in [0.2, 0.25) is 0 Å². The zero-order valence-electron chi connectivity index (χ0n) is 5.93. The van der Waals surface area contributed by atoms with Gasteiger partial charge in [0, 0.05) is 11.6 Å². The minimum absolute atomic E-state index is 0. The van der Waals surface area contributed by atoms with Gasteiger partial charge in [-0.3, -0.25) is 4.79 Å². The molecule has 2 rings (SSSR count). The zero-order valence-corrected chi connectivity index (χ0v) is 7.56. The molecule has 0 saturated heterocycles. The molecular formula is C6H6ClN3OS. The third-order valence-corrected chi connectivity index (χ3v) is 2.28. The lowest BCUT2D eigenvalue weighted by atomic mass is 10.3. The van der Waals surface area contributed by atoms with E-state index >= 15 is 0 Å². The van der Waals surface area contributed by atoms with Crippen LogP contribution in [0.1, 0.15) is 10.4 Å². The van der Waals surface area contributed by atoms with Crippen molar-refractivity contribution in [2.75, 3.05) is 0 Å². The monoisotopic (exact) mass is 203 g/mol. The molecule has 0 radical (unpaired) electrons. The minimum Gasteiger partial charge on any atom is -0.365 e. The number of thiazole rings is 1. The summed E-state index contributed by atoms with van der Waals surface area (Å²) in [6.07, 6.45) is 3.26. The Morgan fingerprint density at radius 2 is 2.42 bits per heavy atom. The highest BCUT2D eigenvalue weighted by molar-refractivity contribution is 7.15. The number of halogens is 1. The fraction of sp³-hybridized carbons (Fsp3) is 0. The number of primary amides is 1. The van der Waals surface area contributed by atoms with Crippen LogP contribution in [0.25, 0.3) is 4.83 Å². The normalized spacial score (nSPS) is 9.67. The van der Waals surface area contributed by atoms with Crippen molar-refractivity contribution in [1.29, 1.82) is 0 Å². The summed E-state index contributed by atoms with van der Waals surface area (Å²) in [7, 11) is 0. The summed E-state index contributed by atoms with van der Waals surface area (Å²) in [6.45, 7) is 0. The molecule has 0 fully saturated rings. The number of nitrogens with zero attached hydrogens (tertiary/aromatic N) is 2. The van der Waals surface area contributed by atoms with E-state index in [-0.39, 0.29) is 12.4 Å². The highest BCUT2D eigenvalue weighted by atomic mass is 35.5. The zero-order chi connectivity index (χ0) is 7.84. The summed E-state index contributed by atoms with van der Waals surface area (Å²) in [5.74, 6) is -0.428. The van der Waals surface area contributed by atoms with Crippen molar-refractivity contribution >= 4 is 34.5 Å². The van der Waals surface area contributed by atoms with E-state index in [4.69, 9.17) is 5.73 Å². The van der Waals surface area contributed by atoms with E-state index in [1.807, 2.05) is 5.38 Å². The van der Waals surface area contributed by atoms with Gasteiger partial charge in [0.1, 0.15) is 4.83 Å². The Morgan fingerprint density at radius 1 is 1.67 bits per heavy atom. The largest absolute Gasteiger partial charge is 0.365 e. The second-order valence-electron chi connectivity index (χ2n) is 2.08. The van der Waals surface area contributed by atoms with E-state index in [0.29, 0.717) is 5.56 Å². The summed E-state index contributed by atoms with van der Waals surface area (Å²) >= 11 is 1.45. The fourth-order valence-corrected chi connectivity index (χ4v) is 1.70. The molecule has 0 aliphatic rings. The van der Waals surface area contributed by atoms with Gasteiger partial charge in [-0.05, 0) is 0 Å². The number of amides is 1. The van der Waals surface area contributed by atoms with Crippen molar-refractivity contribution < 1.29 is 4.79 Å².